The van der Waals surface area contributed by atoms with Crippen LogP contribution in [-0.4, -0.2) is 92.4 Å². The van der Waals surface area contributed by atoms with E-state index in [1.54, 1.807) is 52.2 Å². The van der Waals surface area contributed by atoms with Crippen molar-refractivity contribution in [2.45, 2.75) is 10.6 Å². The number of aromatic nitrogens is 3. The van der Waals surface area contributed by atoms with Crippen molar-refractivity contribution in [3.63, 3.8) is 0 Å². The molecule has 0 spiro atoms. The highest BCUT2D eigenvalue weighted by atomic mass is 32.2. The van der Waals surface area contributed by atoms with Gasteiger partial charge in [-0.2, -0.15) is 5.10 Å². The van der Waals surface area contributed by atoms with Crippen molar-refractivity contribution in [1.29, 1.82) is 0 Å². The lowest BCUT2D eigenvalue weighted by molar-refractivity contribution is 0.0298. The molecule has 2 aliphatic heterocycles. The Balaban J connectivity index is 1.63. The number of amides is 1. The van der Waals surface area contributed by atoms with Crippen LogP contribution >= 0.6 is 0 Å². The predicted octanol–water partition coefficient (Wildman–Crippen LogP) is 1.63. The van der Waals surface area contributed by atoms with Crippen LogP contribution in [0.2, 0.25) is 0 Å². The van der Waals surface area contributed by atoms with E-state index in [1.807, 2.05) is 19.0 Å². The number of ether oxygens (including phenoxy) is 2. The zero-order valence-corrected chi connectivity index (χ0v) is 20.5. The first-order valence-electron chi connectivity index (χ1n) is 11.4. The van der Waals surface area contributed by atoms with Crippen molar-refractivity contribution in [3.05, 3.63) is 53.9 Å². The first-order chi connectivity index (χ1) is 16.8. The molecule has 5 rings (SSSR count). The van der Waals surface area contributed by atoms with Crippen molar-refractivity contribution >= 4 is 15.7 Å². The number of nitrogens with zero attached hydrogens (tertiary/aromatic N) is 5. The Morgan fingerprint density at radius 3 is 2.71 bits per heavy atom. The molecule has 1 fully saturated rings. The molecule has 1 amide bonds. The van der Waals surface area contributed by atoms with E-state index in [-0.39, 0.29) is 22.2 Å². The van der Waals surface area contributed by atoms with Crippen LogP contribution in [0.15, 0.2) is 47.5 Å². The molecular weight excluding hydrogens is 470 g/mol. The smallest absolute Gasteiger partial charge is 0.274 e. The van der Waals surface area contributed by atoms with Crippen LogP contribution in [0.4, 0.5) is 0 Å². The Labute approximate surface area is 204 Å². The fourth-order valence-corrected chi connectivity index (χ4v) is 5.88. The van der Waals surface area contributed by atoms with Crippen LogP contribution in [-0.2, 0) is 20.3 Å². The standard InChI is InChI=1S/C24H27N5O5S/c1-27(2)9-14-34-21-15-17(7-8-25-21)29-23-18-5-3-4-6-20(18)35(31,32)16-19(23)22(26-29)24(30)28-10-12-33-13-11-28/h3-8,15H,9-14,16H2,1-2H3. The number of likely N-dealkylation sites (N-methyl/N-ethyl adjacent to an activating group) is 1. The summed E-state index contributed by atoms with van der Waals surface area (Å²) in [5.74, 6) is -0.164. The van der Waals surface area contributed by atoms with E-state index in [0.717, 1.165) is 6.54 Å². The molecule has 3 aromatic rings. The third kappa shape index (κ3) is 4.54. The number of carbonyl (C=O) groups is 1. The summed E-state index contributed by atoms with van der Waals surface area (Å²) in [6.45, 7) is 2.93. The Kier molecular flexibility index (Phi) is 6.30. The van der Waals surface area contributed by atoms with Crippen molar-refractivity contribution in [2.75, 3.05) is 53.6 Å². The maximum Gasteiger partial charge on any atom is 0.274 e. The van der Waals surface area contributed by atoms with Gasteiger partial charge in [0.05, 0.1) is 35.2 Å². The van der Waals surface area contributed by atoms with Crippen molar-refractivity contribution < 1.29 is 22.7 Å². The van der Waals surface area contributed by atoms with Crippen LogP contribution in [0.3, 0.4) is 0 Å². The Bertz CT molecular complexity index is 1360. The Morgan fingerprint density at radius 2 is 1.94 bits per heavy atom. The van der Waals surface area contributed by atoms with E-state index in [2.05, 4.69) is 10.1 Å². The van der Waals surface area contributed by atoms with Gasteiger partial charge in [0, 0.05) is 43.0 Å². The number of sulfone groups is 1. The molecule has 184 valence electrons. The molecule has 0 unspecified atom stereocenters. The van der Waals surface area contributed by atoms with Crippen LogP contribution in [0.5, 0.6) is 5.88 Å². The lowest BCUT2D eigenvalue weighted by Crippen LogP contribution is -2.41. The monoisotopic (exact) mass is 497 g/mol. The lowest BCUT2D eigenvalue weighted by atomic mass is 10.0. The molecule has 2 aliphatic rings. The molecule has 4 heterocycles. The van der Waals surface area contributed by atoms with Gasteiger partial charge in [0.1, 0.15) is 6.61 Å². The molecule has 0 N–H and O–H groups in total. The summed E-state index contributed by atoms with van der Waals surface area (Å²) in [4.78, 5) is 21.7. The fraction of sp³-hybridized carbons (Fsp3) is 0.375. The summed E-state index contributed by atoms with van der Waals surface area (Å²) in [6.07, 6.45) is 1.61. The molecule has 1 saturated heterocycles. The highest BCUT2D eigenvalue weighted by Gasteiger charge is 2.37. The van der Waals surface area contributed by atoms with Crippen LogP contribution in [0, 0.1) is 0 Å². The number of morpholine rings is 1. The maximum atomic E-state index is 13.5. The van der Waals surface area contributed by atoms with Gasteiger partial charge in [0.25, 0.3) is 5.91 Å². The van der Waals surface area contributed by atoms with E-state index in [9.17, 15) is 13.2 Å². The van der Waals surface area contributed by atoms with Gasteiger partial charge in [-0.15, -0.1) is 0 Å². The summed E-state index contributed by atoms with van der Waals surface area (Å²) >= 11 is 0. The number of hydrogen-bond acceptors (Lipinski definition) is 8. The second-order valence-electron chi connectivity index (χ2n) is 8.75. The molecule has 1 aromatic carbocycles. The van der Waals surface area contributed by atoms with Crippen molar-refractivity contribution in [3.8, 4) is 22.8 Å². The summed E-state index contributed by atoms with van der Waals surface area (Å²) < 4.78 is 39.1. The second kappa shape index (κ2) is 9.40. The highest BCUT2D eigenvalue weighted by Crippen LogP contribution is 2.41. The zero-order chi connectivity index (χ0) is 24.6. The summed E-state index contributed by atoms with van der Waals surface area (Å²) in [6, 6.07) is 10.3. The van der Waals surface area contributed by atoms with Crippen molar-refractivity contribution in [2.24, 2.45) is 0 Å². The van der Waals surface area contributed by atoms with E-state index >= 15 is 0 Å². The first kappa shape index (κ1) is 23.5. The minimum absolute atomic E-state index is 0.145. The number of carbonyl (C=O) groups excluding carboxylic acids is 1. The quantitative estimate of drug-likeness (QED) is 0.506. The van der Waals surface area contributed by atoms with Crippen LogP contribution < -0.4 is 4.74 Å². The normalized spacial score (nSPS) is 16.6. The number of hydrogen-bond donors (Lipinski definition) is 0. The predicted molar refractivity (Wildman–Crippen MR) is 128 cm³/mol. The number of pyridine rings is 1. The van der Waals surface area contributed by atoms with Gasteiger partial charge >= 0.3 is 0 Å². The molecule has 11 heteroatoms. The number of fused-ring (bicyclic) bond motifs is 3. The molecule has 0 bridgehead atoms. The topological polar surface area (TPSA) is 107 Å². The number of rotatable bonds is 6. The molecule has 0 aliphatic carbocycles. The molecule has 35 heavy (non-hydrogen) atoms. The highest BCUT2D eigenvalue weighted by molar-refractivity contribution is 7.90. The largest absolute Gasteiger partial charge is 0.476 e. The van der Waals surface area contributed by atoms with Gasteiger partial charge in [-0.3, -0.25) is 4.79 Å². The zero-order valence-electron chi connectivity index (χ0n) is 19.7. The van der Waals surface area contributed by atoms with Gasteiger partial charge in [0.15, 0.2) is 15.5 Å². The van der Waals surface area contributed by atoms with Gasteiger partial charge in [0.2, 0.25) is 5.88 Å². The summed E-state index contributed by atoms with van der Waals surface area (Å²) in [7, 11) is 0.290. The molecule has 0 saturated carbocycles. The lowest BCUT2D eigenvalue weighted by Gasteiger charge is -2.26. The van der Waals surface area contributed by atoms with E-state index in [1.165, 1.54) is 0 Å². The average molecular weight is 498 g/mol. The fourth-order valence-electron chi connectivity index (χ4n) is 4.28. The van der Waals surface area contributed by atoms with Crippen LogP contribution in [0.25, 0.3) is 16.9 Å². The van der Waals surface area contributed by atoms with Gasteiger partial charge in [-0.1, -0.05) is 18.2 Å². The summed E-state index contributed by atoms with van der Waals surface area (Å²) in [5.41, 5.74) is 2.30. The summed E-state index contributed by atoms with van der Waals surface area (Å²) in [5, 5.41) is 4.68. The van der Waals surface area contributed by atoms with E-state index < -0.39 is 9.84 Å². The Morgan fingerprint density at radius 1 is 1.17 bits per heavy atom. The SMILES string of the molecule is CN(C)CCOc1cc(-n2nc(C(=O)N3CCOCC3)c3c2-c2ccccc2S(=O)(=O)C3)ccn1. The van der Waals surface area contributed by atoms with Crippen LogP contribution in [0.1, 0.15) is 16.1 Å². The molecule has 10 nitrogen and oxygen atoms in total. The van der Waals surface area contributed by atoms with Gasteiger partial charge in [-0.05, 0) is 26.2 Å². The Hall–Kier alpha value is -3.28. The second-order valence-corrected chi connectivity index (χ2v) is 10.7. The number of benzene rings is 1. The third-order valence-electron chi connectivity index (χ3n) is 6.05. The molecule has 0 radical (unpaired) electrons. The average Bonchev–Trinajstić information content (AvgIpc) is 3.23. The maximum absolute atomic E-state index is 13.5. The van der Waals surface area contributed by atoms with Gasteiger partial charge < -0.3 is 19.3 Å². The van der Waals surface area contributed by atoms with E-state index in [0.29, 0.717) is 61.3 Å². The molecular formula is C24H27N5O5S. The molecule has 2 aromatic heterocycles. The van der Waals surface area contributed by atoms with Gasteiger partial charge in [-0.25, -0.2) is 18.1 Å². The minimum atomic E-state index is -3.63. The molecule has 0 atom stereocenters. The first-order valence-corrected chi connectivity index (χ1v) is 13.1. The third-order valence-corrected chi connectivity index (χ3v) is 7.74. The minimum Gasteiger partial charge on any atom is -0.476 e. The van der Waals surface area contributed by atoms with Crippen molar-refractivity contribution in [1.82, 2.24) is 24.6 Å². The van der Waals surface area contributed by atoms with E-state index in [4.69, 9.17) is 9.47 Å².